The average Bonchev–Trinajstić information content (AvgIpc) is 3.07. The third-order valence-electron chi connectivity index (χ3n) is 4.61. The van der Waals surface area contributed by atoms with Gasteiger partial charge in [-0.15, -0.1) is 5.10 Å². The molecule has 2 aromatic heterocycles. The van der Waals surface area contributed by atoms with E-state index >= 15 is 0 Å². The summed E-state index contributed by atoms with van der Waals surface area (Å²) in [6.45, 7) is 1.86. The minimum atomic E-state index is -0.186. The van der Waals surface area contributed by atoms with Crippen LogP contribution in [0.15, 0.2) is 23.0 Å². The van der Waals surface area contributed by atoms with E-state index in [2.05, 4.69) is 10.3 Å². The Morgan fingerprint density at radius 3 is 3.04 bits per heavy atom. The minimum Gasteiger partial charge on any atom is -0.472 e. The number of aromatic nitrogens is 3. The first-order chi connectivity index (χ1) is 11.2. The lowest BCUT2D eigenvalue weighted by Gasteiger charge is -2.34. The van der Waals surface area contributed by atoms with Crippen LogP contribution >= 0.6 is 0 Å². The van der Waals surface area contributed by atoms with Gasteiger partial charge in [-0.25, -0.2) is 0 Å². The third-order valence-corrected chi connectivity index (χ3v) is 4.61. The number of furan rings is 1. The number of carbonyl (C=O) groups is 1. The number of fused-ring (bicyclic) bond motifs is 1. The Balaban J connectivity index is 1.57. The van der Waals surface area contributed by atoms with E-state index in [1.165, 1.54) is 25.4 Å². The van der Waals surface area contributed by atoms with Crippen molar-refractivity contribution in [1.82, 2.24) is 19.9 Å². The number of hydrogen-bond donors (Lipinski definition) is 0. The molecule has 0 N–H and O–H groups in total. The zero-order valence-electron chi connectivity index (χ0n) is 13.1. The Hall–Kier alpha value is -2.15. The molecule has 0 aromatic carbocycles. The first-order valence-corrected chi connectivity index (χ1v) is 8.03. The first kappa shape index (κ1) is 14.4. The fraction of sp³-hybridized carbons (Fsp3) is 0.562. The molecule has 1 amide bonds. The van der Waals surface area contributed by atoms with Crippen LogP contribution in [-0.4, -0.2) is 45.6 Å². The molecule has 2 aliphatic rings. The molecule has 7 nitrogen and oxygen atoms in total. The molecule has 0 bridgehead atoms. The largest absolute Gasteiger partial charge is 0.472 e. The summed E-state index contributed by atoms with van der Waals surface area (Å²) in [5.74, 6) is 0.646. The standard InChI is InChI=1S/C16H20N4O3/c1-19-13-4-6-20(16(21)12-5-7-22-9-12)14(15(13)17-18-19)10-23-8-11-2-3-11/h5,7,9,11,14H,2-4,6,8,10H2,1H3. The molecule has 122 valence electrons. The number of nitrogens with zero attached hydrogens (tertiary/aromatic N) is 4. The highest BCUT2D eigenvalue weighted by atomic mass is 16.5. The highest BCUT2D eigenvalue weighted by molar-refractivity contribution is 5.94. The number of rotatable bonds is 5. The van der Waals surface area contributed by atoms with Gasteiger partial charge in [-0.1, -0.05) is 5.21 Å². The Morgan fingerprint density at radius 2 is 2.30 bits per heavy atom. The molecule has 1 unspecified atom stereocenters. The summed E-state index contributed by atoms with van der Waals surface area (Å²) < 4.78 is 12.7. The van der Waals surface area contributed by atoms with Crippen molar-refractivity contribution in [2.75, 3.05) is 19.8 Å². The minimum absolute atomic E-state index is 0.0462. The van der Waals surface area contributed by atoms with Gasteiger partial charge in [-0.3, -0.25) is 9.48 Å². The molecule has 1 aliphatic heterocycles. The molecule has 1 saturated carbocycles. The predicted molar refractivity (Wildman–Crippen MR) is 80.7 cm³/mol. The number of hydrogen-bond acceptors (Lipinski definition) is 5. The van der Waals surface area contributed by atoms with Crippen LogP contribution in [0.1, 0.15) is 40.6 Å². The summed E-state index contributed by atoms with van der Waals surface area (Å²) >= 11 is 0. The van der Waals surface area contributed by atoms with Gasteiger partial charge in [0.25, 0.3) is 5.91 Å². The van der Waals surface area contributed by atoms with Crippen LogP contribution in [0.25, 0.3) is 0 Å². The molecule has 7 heteroatoms. The lowest BCUT2D eigenvalue weighted by molar-refractivity contribution is 0.0355. The maximum absolute atomic E-state index is 12.8. The van der Waals surface area contributed by atoms with E-state index in [-0.39, 0.29) is 11.9 Å². The zero-order chi connectivity index (χ0) is 15.8. The molecule has 1 aliphatic carbocycles. The maximum atomic E-state index is 12.8. The van der Waals surface area contributed by atoms with E-state index in [4.69, 9.17) is 9.15 Å². The number of aryl methyl sites for hydroxylation is 1. The Bertz CT molecular complexity index is 690. The molecule has 2 aromatic rings. The van der Waals surface area contributed by atoms with Crippen LogP contribution in [0.3, 0.4) is 0 Å². The van der Waals surface area contributed by atoms with Gasteiger partial charge in [0.05, 0.1) is 24.1 Å². The smallest absolute Gasteiger partial charge is 0.257 e. The molecule has 0 spiro atoms. The Labute approximate surface area is 134 Å². The fourth-order valence-corrected chi connectivity index (χ4v) is 3.07. The fourth-order valence-electron chi connectivity index (χ4n) is 3.07. The summed E-state index contributed by atoms with van der Waals surface area (Å²) in [6, 6.07) is 1.50. The molecule has 3 heterocycles. The van der Waals surface area contributed by atoms with E-state index < -0.39 is 0 Å². The summed E-state index contributed by atoms with van der Waals surface area (Å²) in [5, 5.41) is 8.40. The topological polar surface area (TPSA) is 73.4 Å². The van der Waals surface area contributed by atoms with Gasteiger partial charge in [0.15, 0.2) is 0 Å². The van der Waals surface area contributed by atoms with Crippen molar-refractivity contribution in [3.05, 3.63) is 35.5 Å². The molecule has 0 radical (unpaired) electrons. The highest BCUT2D eigenvalue weighted by Crippen LogP contribution is 2.32. The quantitative estimate of drug-likeness (QED) is 0.837. The normalized spacial score (nSPS) is 20.6. The Kier molecular flexibility index (Phi) is 3.65. The summed E-state index contributed by atoms with van der Waals surface area (Å²) in [7, 11) is 1.89. The van der Waals surface area contributed by atoms with E-state index in [1.807, 2.05) is 11.9 Å². The van der Waals surface area contributed by atoms with Gasteiger partial charge < -0.3 is 14.1 Å². The summed E-state index contributed by atoms with van der Waals surface area (Å²) in [4.78, 5) is 14.6. The van der Waals surface area contributed by atoms with Crippen LogP contribution in [0.2, 0.25) is 0 Å². The molecule has 0 saturated heterocycles. The highest BCUT2D eigenvalue weighted by Gasteiger charge is 2.35. The maximum Gasteiger partial charge on any atom is 0.257 e. The van der Waals surface area contributed by atoms with Gasteiger partial charge in [0.1, 0.15) is 18.0 Å². The van der Waals surface area contributed by atoms with Gasteiger partial charge in [-0.2, -0.15) is 0 Å². The molecular weight excluding hydrogens is 296 g/mol. The molecule has 1 fully saturated rings. The second kappa shape index (κ2) is 5.81. The van der Waals surface area contributed by atoms with Gasteiger partial charge in [0.2, 0.25) is 0 Å². The number of carbonyl (C=O) groups excluding carboxylic acids is 1. The van der Waals surface area contributed by atoms with E-state index in [0.29, 0.717) is 24.6 Å². The number of amides is 1. The predicted octanol–water partition coefficient (Wildman–Crippen LogP) is 1.57. The van der Waals surface area contributed by atoms with Crippen LogP contribution in [-0.2, 0) is 18.2 Å². The first-order valence-electron chi connectivity index (χ1n) is 8.03. The van der Waals surface area contributed by atoms with E-state index in [9.17, 15) is 4.79 Å². The van der Waals surface area contributed by atoms with Gasteiger partial charge in [-0.05, 0) is 24.8 Å². The lowest BCUT2D eigenvalue weighted by atomic mass is 10.0. The van der Waals surface area contributed by atoms with Crippen molar-refractivity contribution < 1.29 is 13.9 Å². The molecule has 1 atom stereocenters. The Morgan fingerprint density at radius 1 is 1.43 bits per heavy atom. The van der Waals surface area contributed by atoms with Crippen molar-refractivity contribution in [2.45, 2.75) is 25.3 Å². The van der Waals surface area contributed by atoms with Crippen molar-refractivity contribution in [3.63, 3.8) is 0 Å². The van der Waals surface area contributed by atoms with Crippen LogP contribution in [0.5, 0.6) is 0 Å². The van der Waals surface area contributed by atoms with Crippen molar-refractivity contribution in [3.8, 4) is 0 Å². The summed E-state index contributed by atoms with van der Waals surface area (Å²) in [5.41, 5.74) is 2.50. The monoisotopic (exact) mass is 316 g/mol. The van der Waals surface area contributed by atoms with Crippen LogP contribution < -0.4 is 0 Å². The number of ether oxygens (including phenoxy) is 1. The molecular formula is C16H20N4O3. The lowest BCUT2D eigenvalue weighted by Crippen LogP contribution is -2.42. The molecule has 23 heavy (non-hydrogen) atoms. The van der Waals surface area contributed by atoms with Crippen molar-refractivity contribution in [2.24, 2.45) is 13.0 Å². The average molecular weight is 316 g/mol. The molecule has 4 rings (SSSR count). The van der Waals surface area contributed by atoms with E-state index in [0.717, 1.165) is 24.4 Å². The zero-order valence-corrected chi connectivity index (χ0v) is 13.1. The van der Waals surface area contributed by atoms with Crippen molar-refractivity contribution in [1.29, 1.82) is 0 Å². The SMILES string of the molecule is Cn1nnc2c1CCN(C(=O)c1ccoc1)C2COCC1CC1. The van der Waals surface area contributed by atoms with E-state index in [1.54, 1.807) is 10.7 Å². The second-order valence-electron chi connectivity index (χ2n) is 6.30. The second-order valence-corrected chi connectivity index (χ2v) is 6.30. The van der Waals surface area contributed by atoms with Gasteiger partial charge in [0, 0.05) is 26.6 Å². The van der Waals surface area contributed by atoms with Gasteiger partial charge >= 0.3 is 0 Å². The summed E-state index contributed by atoms with van der Waals surface area (Å²) in [6.07, 6.45) is 6.25. The van der Waals surface area contributed by atoms with Crippen LogP contribution in [0, 0.1) is 5.92 Å². The van der Waals surface area contributed by atoms with Crippen LogP contribution in [0.4, 0.5) is 0 Å². The van der Waals surface area contributed by atoms with Crippen molar-refractivity contribution >= 4 is 5.91 Å². The third kappa shape index (κ3) is 2.76.